The molecule has 2 N–H and O–H groups in total. The van der Waals surface area contributed by atoms with Crippen LogP contribution in [0.5, 0.6) is 0 Å². The number of aromatic nitrogens is 5. The maximum atomic E-state index is 12.7. The van der Waals surface area contributed by atoms with Gasteiger partial charge in [-0.3, -0.25) is 9.89 Å². The number of nitrogens with zero attached hydrogens (tertiary/aromatic N) is 4. The lowest BCUT2D eigenvalue weighted by Crippen LogP contribution is -2.31. The highest BCUT2D eigenvalue weighted by atomic mass is 35.5. The van der Waals surface area contributed by atoms with Gasteiger partial charge in [-0.15, -0.1) is 5.10 Å². The molecule has 2 aromatic heterocycles. The summed E-state index contributed by atoms with van der Waals surface area (Å²) in [5, 5.41) is 6.69. The van der Waals surface area contributed by atoms with Crippen molar-refractivity contribution in [3.63, 3.8) is 0 Å². The van der Waals surface area contributed by atoms with Gasteiger partial charge in [0, 0.05) is 19.4 Å². The zero-order valence-corrected chi connectivity index (χ0v) is 14.7. The van der Waals surface area contributed by atoms with E-state index in [2.05, 4.69) is 33.2 Å². The van der Waals surface area contributed by atoms with Gasteiger partial charge in [-0.2, -0.15) is 0 Å². The fourth-order valence-electron chi connectivity index (χ4n) is 3.40. The van der Waals surface area contributed by atoms with E-state index in [1.807, 2.05) is 17.0 Å². The molecule has 0 bridgehead atoms. The summed E-state index contributed by atoms with van der Waals surface area (Å²) in [5.74, 6) is 1.61. The molecule has 130 valence electrons. The molecule has 25 heavy (non-hydrogen) atoms. The molecule has 3 aromatic rings. The Hall–Kier alpha value is -2.41. The van der Waals surface area contributed by atoms with E-state index in [9.17, 15) is 4.79 Å². The molecule has 1 aliphatic rings. The Bertz CT molecular complexity index is 917. The summed E-state index contributed by atoms with van der Waals surface area (Å²) >= 11 is 5.69. The van der Waals surface area contributed by atoms with Gasteiger partial charge in [0.15, 0.2) is 0 Å². The Balaban J connectivity index is 1.49. The second-order valence-electron chi connectivity index (χ2n) is 6.44. The summed E-state index contributed by atoms with van der Waals surface area (Å²) in [5.41, 5.74) is 3.15. The number of aromatic amines is 2. The number of fused-ring (bicyclic) bond motifs is 1. The molecule has 1 fully saturated rings. The van der Waals surface area contributed by atoms with Gasteiger partial charge in [0.2, 0.25) is 11.2 Å². The SMILES string of the molecule is Cc1ccc2nc([C@H]3CCCN3C(=O)CCc3nc(Cl)n[nH]3)[nH]c2c1. The number of carbonyl (C=O) groups is 1. The van der Waals surface area contributed by atoms with Crippen molar-refractivity contribution in [2.24, 2.45) is 0 Å². The van der Waals surface area contributed by atoms with Gasteiger partial charge in [0.05, 0.1) is 17.1 Å². The lowest BCUT2D eigenvalue weighted by atomic mass is 10.2. The van der Waals surface area contributed by atoms with E-state index >= 15 is 0 Å². The molecule has 1 saturated heterocycles. The average molecular weight is 359 g/mol. The molecule has 0 saturated carbocycles. The number of imidazole rings is 1. The third kappa shape index (κ3) is 3.24. The van der Waals surface area contributed by atoms with E-state index in [0.717, 1.165) is 36.2 Å². The largest absolute Gasteiger partial charge is 0.340 e. The number of benzene rings is 1. The quantitative estimate of drug-likeness (QED) is 0.750. The van der Waals surface area contributed by atoms with Crippen LogP contribution in [0.25, 0.3) is 11.0 Å². The van der Waals surface area contributed by atoms with Crippen molar-refractivity contribution in [3.05, 3.63) is 40.7 Å². The molecular weight excluding hydrogens is 340 g/mol. The minimum Gasteiger partial charge on any atom is -0.340 e. The summed E-state index contributed by atoms with van der Waals surface area (Å²) in [6.45, 7) is 2.82. The van der Waals surface area contributed by atoms with Crippen molar-refractivity contribution in [2.75, 3.05) is 6.54 Å². The fourth-order valence-corrected chi connectivity index (χ4v) is 3.55. The lowest BCUT2D eigenvalue weighted by Gasteiger charge is -2.23. The molecule has 1 aliphatic heterocycles. The Labute approximate surface area is 149 Å². The smallest absolute Gasteiger partial charge is 0.242 e. The third-order valence-corrected chi connectivity index (χ3v) is 4.79. The summed E-state index contributed by atoms with van der Waals surface area (Å²) in [4.78, 5) is 26.7. The number of H-pyrrole nitrogens is 2. The van der Waals surface area contributed by atoms with Crippen LogP contribution in [0.4, 0.5) is 0 Å². The van der Waals surface area contributed by atoms with Crippen LogP contribution in [0, 0.1) is 6.92 Å². The number of carbonyl (C=O) groups excluding carboxylic acids is 1. The van der Waals surface area contributed by atoms with E-state index in [4.69, 9.17) is 16.6 Å². The molecule has 0 unspecified atom stereocenters. The third-order valence-electron chi connectivity index (χ3n) is 4.62. The van der Waals surface area contributed by atoms with Crippen LogP contribution in [0.1, 0.15) is 42.5 Å². The zero-order chi connectivity index (χ0) is 17.4. The first kappa shape index (κ1) is 16.1. The Morgan fingerprint density at radius 3 is 3.08 bits per heavy atom. The van der Waals surface area contributed by atoms with Crippen LogP contribution in [0.2, 0.25) is 5.28 Å². The van der Waals surface area contributed by atoms with Crippen LogP contribution in [-0.4, -0.2) is 42.5 Å². The predicted octanol–water partition coefficient (Wildman–Crippen LogP) is 2.94. The highest BCUT2D eigenvalue weighted by molar-refractivity contribution is 6.28. The average Bonchev–Trinajstić information content (AvgIpc) is 3.30. The number of likely N-dealkylation sites (tertiary alicyclic amines) is 1. The lowest BCUT2D eigenvalue weighted by molar-refractivity contribution is -0.132. The first-order valence-electron chi connectivity index (χ1n) is 8.42. The second-order valence-corrected chi connectivity index (χ2v) is 6.78. The summed E-state index contributed by atoms with van der Waals surface area (Å²) in [6, 6.07) is 6.16. The summed E-state index contributed by atoms with van der Waals surface area (Å²) < 4.78 is 0. The molecule has 0 spiro atoms. The van der Waals surface area contributed by atoms with Gasteiger partial charge in [0.1, 0.15) is 11.6 Å². The van der Waals surface area contributed by atoms with Gasteiger partial charge in [-0.25, -0.2) is 9.97 Å². The number of aryl methyl sites for hydroxylation is 2. The number of hydrogen-bond acceptors (Lipinski definition) is 4. The minimum atomic E-state index is 0.0125. The molecule has 0 radical (unpaired) electrons. The zero-order valence-electron chi connectivity index (χ0n) is 13.9. The summed E-state index contributed by atoms with van der Waals surface area (Å²) in [6.07, 6.45) is 2.79. The monoisotopic (exact) mass is 358 g/mol. The highest BCUT2D eigenvalue weighted by Crippen LogP contribution is 2.32. The molecule has 1 amide bonds. The number of rotatable bonds is 4. The molecule has 4 rings (SSSR count). The van der Waals surface area contributed by atoms with Crippen molar-refractivity contribution in [1.29, 1.82) is 0 Å². The van der Waals surface area contributed by atoms with E-state index in [1.54, 1.807) is 0 Å². The van der Waals surface area contributed by atoms with Crippen LogP contribution in [0.3, 0.4) is 0 Å². The van der Waals surface area contributed by atoms with Crippen molar-refractivity contribution in [3.8, 4) is 0 Å². The topological polar surface area (TPSA) is 90.6 Å². The number of halogens is 1. The summed E-state index contributed by atoms with van der Waals surface area (Å²) in [7, 11) is 0. The standard InChI is InChI=1S/C17H19ClN6O/c1-10-4-5-11-12(9-10)20-16(19-11)13-3-2-8-24(13)15(25)7-6-14-21-17(18)23-22-14/h4-5,9,13H,2-3,6-8H2,1H3,(H,19,20)(H,21,22,23)/t13-/m1/s1. The van der Waals surface area contributed by atoms with Gasteiger partial charge in [-0.05, 0) is 49.1 Å². The first-order valence-corrected chi connectivity index (χ1v) is 8.80. The maximum absolute atomic E-state index is 12.7. The van der Waals surface area contributed by atoms with E-state index in [0.29, 0.717) is 18.7 Å². The second kappa shape index (κ2) is 6.48. The van der Waals surface area contributed by atoms with Gasteiger partial charge >= 0.3 is 0 Å². The Kier molecular flexibility index (Phi) is 4.17. The number of nitrogens with one attached hydrogen (secondary N) is 2. The van der Waals surface area contributed by atoms with E-state index in [1.165, 1.54) is 5.56 Å². The normalized spacial score (nSPS) is 17.5. The van der Waals surface area contributed by atoms with Crippen LogP contribution >= 0.6 is 11.6 Å². The van der Waals surface area contributed by atoms with Gasteiger partial charge < -0.3 is 9.88 Å². The number of amides is 1. The van der Waals surface area contributed by atoms with E-state index in [-0.39, 0.29) is 17.2 Å². The molecule has 7 nitrogen and oxygen atoms in total. The van der Waals surface area contributed by atoms with Crippen molar-refractivity contribution < 1.29 is 4.79 Å². The number of hydrogen-bond donors (Lipinski definition) is 2. The van der Waals surface area contributed by atoms with Crippen molar-refractivity contribution in [1.82, 2.24) is 30.0 Å². The van der Waals surface area contributed by atoms with E-state index < -0.39 is 0 Å². The Morgan fingerprint density at radius 1 is 1.40 bits per heavy atom. The predicted molar refractivity (Wildman–Crippen MR) is 94.2 cm³/mol. The van der Waals surface area contributed by atoms with Crippen LogP contribution < -0.4 is 0 Å². The van der Waals surface area contributed by atoms with Crippen molar-refractivity contribution >= 4 is 28.5 Å². The fraction of sp³-hybridized carbons (Fsp3) is 0.412. The molecular formula is C17H19ClN6O. The molecule has 0 aliphatic carbocycles. The van der Waals surface area contributed by atoms with Crippen molar-refractivity contribution in [2.45, 2.75) is 38.6 Å². The van der Waals surface area contributed by atoms with Crippen LogP contribution in [0.15, 0.2) is 18.2 Å². The van der Waals surface area contributed by atoms with Crippen LogP contribution in [-0.2, 0) is 11.2 Å². The molecule has 8 heteroatoms. The molecule has 1 atom stereocenters. The maximum Gasteiger partial charge on any atom is 0.242 e. The highest BCUT2D eigenvalue weighted by Gasteiger charge is 2.31. The minimum absolute atomic E-state index is 0.0125. The Morgan fingerprint density at radius 2 is 2.28 bits per heavy atom. The molecule has 1 aromatic carbocycles. The first-order chi connectivity index (χ1) is 12.1. The van der Waals surface area contributed by atoms with Gasteiger partial charge in [0.25, 0.3) is 0 Å². The molecule has 3 heterocycles. The van der Waals surface area contributed by atoms with Gasteiger partial charge in [-0.1, -0.05) is 6.07 Å².